The molecule has 2 unspecified atom stereocenters. The van der Waals surface area contributed by atoms with Gasteiger partial charge in [-0.15, -0.1) is 0 Å². The van der Waals surface area contributed by atoms with Crippen LogP contribution >= 0.6 is 0 Å². The molecule has 116 valence electrons. The summed E-state index contributed by atoms with van der Waals surface area (Å²) in [6.07, 6.45) is 1.06. The summed E-state index contributed by atoms with van der Waals surface area (Å²) in [5, 5.41) is 12.2. The molecule has 1 aromatic rings. The normalized spacial score (nSPS) is 18.7. The molecule has 0 saturated heterocycles. The van der Waals surface area contributed by atoms with Crippen molar-refractivity contribution in [3.8, 4) is 5.75 Å². The fourth-order valence-corrected chi connectivity index (χ4v) is 2.18. The van der Waals surface area contributed by atoms with Crippen molar-refractivity contribution in [3.63, 3.8) is 0 Å². The molecule has 21 heavy (non-hydrogen) atoms. The van der Waals surface area contributed by atoms with E-state index in [-0.39, 0.29) is 18.3 Å². The average molecular weight is 299 g/mol. The number of halogens is 2. The topological polar surface area (TPSA) is 58.6 Å². The number of carbonyl (C=O) groups is 1. The van der Waals surface area contributed by atoms with Crippen molar-refractivity contribution in [2.24, 2.45) is 5.92 Å². The molecule has 1 amide bonds. The summed E-state index contributed by atoms with van der Waals surface area (Å²) in [5.74, 6) is -2.06. The van der Waals surface area contributed by atoms with Crippen LogP contribution in [-0.4, -0.2) is 29.3 Å². The van der Waals surface area contributed by atoms with Gasteiger partial charge in [-0.25, -0.2) is 8.78 Å². The fraction of sp³-hybridized carbons (Fsp3) is 0.533. The van der Waals surface area contributed by atoms with E-state index in [1.54, 1.807) is 6.92 Å². The molecule has 0 aromatic heterocycles. The molecule has 0 bridgehead atoms. The van der Waals surface area contributed by atoms with Crippen LogP contribution in [0.2, 0.25) is 0 Å². The standard InChI is InChI=1S/C15H19F2NO3/c1-9(21-11-5-6-12(16)13(17)7-11)14(20)18-15(2,8-19)10-3-4-10/h5-7,9-10,19H,3-4,8H2,1-2H3,(H,18,20). The van der Waals surface area contributed by atoms with Gasteiger partial charge in [0, 0.05) is 6.07 Å². The zero-order valence-corrected chi connectivity index (χ0v) is 12.0. The van der Waals surface area contributed by atoms with E-state index in [9.17, 15) is 18.7 Å². The first-order valence-corrected chi connectivity index (χ1v) is 6.90. The lowest BCUT2D eigenvalue weighted by molar-refractivity contribution is -0.130. The van der Waals surface area contributed by atoms with Gasteiger partial charge in [0.15, 0.2) is 17.7 Å². The first-order valence-electron chi connectivity index (χ1n) is 6.90. The third-order valence-corrected chi connectivity index (χ3v) is 3.79. The van der Waals surface area contributed by atoms with Gasteiger partial charge < -0.3 is 15.2 Å². The Labute approximate surface area is 122 Å². The number of benzene rings is 1. The van der Waals surface area contributed by atoms with Crippen LogP contribution in [-0.2, 0) is 4.79 Å². The highest BCUT2D eigenvalue weighted by molar-refractivity contribution is 5.81. The van der Waals surface area contributed by atoms with Crippen LogP contribution in [0.4, 0.5) is 8.78 Å². The summed E-state index contributed by atoms with van der Waals surface area (Å²) in [4.78, 5) is 12.1. The molecular weight excluding hydrogens is 280 g/mol. The first kappa shape index (κ1) is 15.7. The molecule has 0 aliphatic heterocycles. The van der Waals surface area contributed by atoms with Crippen LogP contribution < -0.4 is 10.1 Å². The van der Waals surface area contributed by atoms with Crippen molar-refractivity contribution < 1.29 is 23.4 Å². The number of rotatable bonds is 6. The van der Waals surface area contributed by atoms with E-state index in [1.165, 1.54) is 13.0 Å². The van der Waals surface area contributed by atoms with Gasteiger partial charge in [0.05, 0.1) is 12.1 Å². The van der Waals surface area contributed by atoms with Gasteiger partial charge in [0.25, 0.3) is 5.91 Å². The lowest BCUT2D eigenvalue weighted by Gasteiger charge is -2.30. The second-order valence-corrected chi connectivity index (χ2v) is 5.68. The SMILES string of the molecule is CC(Oc1ccc(F)c(F)c1)C(=O)NC(C)(CO)C1CC1. The minimum absolute atomic E-state index is 0.0775. The molecule has 0 heterocycles. The zero-order chi connectivity index (χ0) is 15.6. The van der Waals surface area contributed by atoms with E-state index >= 15 is 0 Å². The van der Waals surface area contributed by atoms with Crippen LogP contribution in [0.3, 0.4) is 0 Å². The number of aliphatic hydroxyl groups excluding tert-OH is 1. The number of aliphatic hydroxyl groups is 1. The van der Waals surface area contributed by atoms with E-state index in [1.807, 2.05) is 0 Å². The van der Waals surface area contributed by atoms with Gasteiger partial charge in [-0.3, -0.25) is 4.79 Å². The Kier molecular flexibility index (Phi) is 4.46. The largest absolute Gasteiger partial charge is 0.481 e. The van der Waals surface area contributed by atoms with Gasteiger partial charge in [0.1, 0.15) is 5.75 Å². The van der Waals surface area contributed by atoms with Crippen LogP contribution in [0, 0.1) is 17.6 Å². The Balaban J connectivity index is 1.97. The number of hydrogen-bond donors (Lipinski definition) is 2. The summed E-state index contributed by atoms with van der Waals surface area (Å²) < 4.78 is 31.2. The number of carbonyl (C=O) groups excluding carboxylic acids is 1. The summed E-state index contributed by atoms with van der Waals surface area (Å²) in [7, 11) is 0. The maximum absolute atomic E-state index is 13.1. The van der Waals surface area contributed by atoms with Crippen molar-refractivity contribution in [2.75, 3.05) is 6.61 Å². The predicted molar refractivity (Wildman–Crippen MR) is 72.8 cm³/mol. The van der Waals surface area contributed by atoms with Gasteiger partial charge in [0.2, 0.25) is 0 Å². The zero-order valence-electron chi connectivity index (χ0n) is 12.0. The summed E-state index contributed by atoms with van der Waals surface area (Å²) in [6.45, 7) is 3.15. The lowest BCUT2D eigenvalue weighted by atomic mass is 9.96. The predicted octanol–water partition coefficient (Wildman–Crippen LogP) is 2.01. The quantitative estimate of drug-likeness (QED) is 0.845. The smallest absolute Gasteiger partial charge is 0.261 e. The number of ether oxygens (including phenoxy) is 1. The van der Waals surface area contributed by atoms with E-state index < -0.39 is 29.2 Å². The third kappa shape index (κ3) is 3.69. The first-order chi connectivity index (χ1) is 9.85. The Bertz CT molecular complexity index is 534. The van der Waals surface area contributed by atoms with Crippen LogP contribution in [0.1, 0.15) is 26.7 Å². The molecule has 0 spiro atoms. The Morgan fingerprint density at radius 1 is 1.48 bits per heavy atom. The van der Waals surface area contributed by atoms with Crippen molar-refractivity contribution in [1.29, 1.82) is 0 Å². The molecule has 2 atom stereocenters. The Morgan fingerprint density at radius 3 is 2.67 bits per heavy atom. The highest BCUT2D eigenvalue weighted by atomic mass is 19.2. The number of nitrogens with one attached hydrogen (secondary N) is 1. The summed E-state index contributed by atoms with van der Waals surface area (Å²) >= 11 is 0. The highest BCUT2D eigenvalue weighted by Crippen LogP contribution is 2.39. The molecule has 2 N–H and O–H groups in total. The van der Waals surface area contributed by atoms with Crippen molar-refractivity contribution >= 4 is 5.91 Å². The second kappa shape index (κ2) is 5.97. The summed E-state index contributed by atoms with van der Waals surface area (Å²) in [5.41, 5.74) is -0.664. The molecule has 1 aliphatic rings. The van der Waals surface area contributed by atoms with Crippen LogP contribution in [0.5, 0.6) is 5.75 Å². The molecular formula is C15H19F2NO3. The molecule has 4 nitrogen and oxygen atoms in total. The van der Waals surface area contributed by atoms with Crippen LogP contribution in [0.25, 0.3) is 0 Å². The van der Waals surface area contributed by atoms with Crippen molar-refractivity contribution in [2.45, 2.75) is 38.3 Å². The van der Waals surface area contributed by atoms with Gasteiger partial charge in [-0.05, 0) is 44.7 Å². The number of hydrogen-bond acceptors (Lipinski definition) is 3. The molecule has 1 saturated carbocycles. The molecule has 1 aromatic carbocycles. The van der Waals surface area contributed by atoms with Crippen LogP contribution in [0.15, 0.2) is 18.2 Å². The Hall–Kier alpha value is -1.69. The molecule has 1 aliphatic carbocycles. The molecule has 2 rings (SSSR count). The van der Waals surface area contributed by atoms with E-state index in [2.05, 4.69) is 5.32 Å². The monoisotopic (exact) mass is 299 g/mol. The maximum Gasteiger partial charge on any atom is 0.261 e. The van der Waals surface area contributed by atoms with E-state index in [4.69, 9.17) is 4.74 Å². The van der Waals surface area contributed by atoms with E-state index in [0.29, 0.717) is 0 Å². The number of amides is 1. The fourth-order valence-electron chi connectivity index (χ4n) is 2.18. The van der Waals surface area contributed by atoms with Gasteiger partial charge in [-0.2, -0.15) is 0 Å². The third-order valence-electron chi connectivity index (χ3n) is 3.79. The minimum Gasteiger partial charge on any atom is -0.481 e. The second-order valence-electron chi connectivity index (χ2n) is 5.68. The van der Waals surface area contributed by atoms with Crippen molar-refractivity contribution in [3.05, 3.63) is 29.8 Å². The minimum atomic E-state index is -1.03. The van der Waals surface area contributed by atoms with E-state index in [0.717, 1.165) is 25.0 Å². The van der Waals surface area contributed by atoms with Gasteiger partial charge >= 0.3 is 0 Å². The van der Waals surface area contributed by atoms with Gasteiger partial charge in [-0.1, -0.05) is 0 Å². The molecule has 6 heteroatoms. The molecule has 1 fully saturated rings. The maximum atomic E-state index is 13.1. The average Bonchev–Trinajstić information content (AvgIpc) is 3.27. The highest BCUT2D eigenvalue weighted by Gasteiger charge is 2.42. The van der Waals surface area contributed by atoms with Crippen molar-refractivity contribution in [1.82, 2.24) is 5.32 Å². The lowest BCUT2D eigenvalue weighted by Crippen LogP contribution is -2.54. The summed E-state index contributed by atoms with van der Waals surface area (Å²) in [6, 6.07) is 3.09. The molecule has 0 radical (unpaired) electrons. The Morgan fingerprint density at radius 2 is 2.14 bits per heavy atom.